The van der Waals surface area contributed by atoms with Gasteiger partial charge in [-0.1, -0.05) is 32.0 Å². The van der Waals surface area contributed by atoms with Crippen molar-refractivity contribution in [2.75, 3.05) is 5.32 Å². The van der Waals surface area contributed by atoms with Crippen molar-refractivity contribution in [2.45, 2.75) is 39.9 Å². The molecule has 9 heteroatoms. The van der Waals surface area contributed by atoms with Crippen molar-refractivity contribution in [3.63, 3.8) is 0 Å². The topological polar surface area (TPSA) is 83.1 Å². The number of rotatable bonds is 6. The zero-order valence-electron chi connectivity index (χ0n) is 15.2. The van der Waals surface area contributed by atoms with Gasteiger partial charge in [-0.25, -0.2) is 4.98 Å². The van der Waals surface area contributed by atoms with E-state index in [1.54, 1.807) is 5.38 Å². The van der Waals surface area contributed by atoms with Crippen molar-refractivity contribution < 1.29 is 9.59 Å². The number of fused-ring (bicyclic) bond motifs is 1. The molecule has 148 valence electrons. The number of carbonyl (C=O) groups is 2. The molecule has 0 aliphatic carbocycles. The summed E-state index contributed by atoms with van der Waals surface area (Å²) in [6.07, 6.45) is 0.209. The summed E-state index contributed by atoms with van der Waals surface area (Å²) in [6, 6.07) is 6.30. The van der Waals surface area contributed by atoms with E-state index in [0.717, 1.165) is 18.7 Å². The molecule has 2 amide bonds. The Morgan fingerprint density at radius 1 is 1.22 bits per heavy atom. The highest BCUT2D eigenvalue weighted by Crippen LogP contribution is 2.18. The number of nitrogens with one attached hydrogen (secondary N) is 3. The van der Waals surface area contributed by atoms with Crippen LogP contribution in [0.2, 0.25) is 0 Å². The Hall–Kier alpha value is -1.67. The van der Waals surface area contributed by atoms with Crippen LogP contribution >= 0.6 is 36.2 Å². The number of halogens is 2. The largest absolute Gasteiger partial charge is 0.352 e. The number of benzene rings is 1. The molecule has 3 N–H and O–H groups in total. The van der Waals surface area contributed by atoms with Crippen LogP contribution in [0.3, 0.4) is 0 Å². The standard InChI is InChI=1S/C18H22N4O2S.2ClH/c1-11(2)17(24)22-18-21-15(10-25-18)6-16(23)20-7-12-3-4-13-8-19-9-14(13)5-12;;/h3-5,10-11,19H,6-9H2,1-2H3,(H,20,23)(H,21,22,24);2*1H. The van der Waals surface area contributed by atoms with Gasteiger partial charge in [0.1, 0.15) is 0 Å². The normalized spacial score (nSPS) is 12.0. The Labute approximate surface area is 175 Å². The molecule has 1 aromatic carbocycles. The Bertz CT molecular complexity index is 795. The van der Waals surface area contributed by atoms with Crippen LogP contribution in [0.25, 0.3) is 0 Å². The predicted molar refractivity (Wildman–Crippen MR) is 113 cm³/mol. The van der Waals surface area contributed by atoms with Crippen molar-refractivity contribution in [1.82, 2.24) is 15.6 Å². The quantitative estimate of drug-likeness (QED) is 0.657. The molecule has 0 bridgehead atoms. The Kier molecular flexibility index (Phi) is 9.18. The van der Waals surface area contributed by atoms with Gasteiger partial charge in [0.2, 0.25) is 11.8 Å². The number of nitrogens with zero attached hydrogens (tertiary/aromatic N) is 1. The van der Waals surface area contributed by atoms with Gasteiger partial charge in [0.05, 0.1) is 12.1 Å². The zero-order valence-corrected chi connectivity index (χ0v) is 17.7. The minimum atomic E-state index is -0.0989. The highest BCUT2D eigenvalue weighted by atomic mass is 35.5. The van der Waals surface area contributed by atoms with E-state index in [-0.39, 0.29) is 49.0 Å². The van der Waals surface area contributed by atoms with Gasteiger partial charge >= 0.3 is 0 Å². The third-order valence-corrected chi connectivity index (χ3v) is 4.85. The van der Waals surface area contributed by atoms with Crippen molar-refractivity contribution in [2.24, 2.45) is 5.92 Å². The number of carbonyl (C=O) groups excluding carboxylic acids is 2. The van der Waals surface area contributed by atoms with E-state index >= 15 is 0 Å². The van der Waals surface area contributed by atoms with Crippen LogP contribution in [-0.2, 0) is 35.6 Å². The highest BCUT2D eigenvalue weighted by molar-refractivity contribution is 7.13. The smallest absolute Gasteiger partial charge is 0.228 e. The second kappa shape index (κ2) is 10.6. The van der Waals surface area contributed by atoms with Crippen molar-refractivity contribution >= 4 is 53.1 Å². The third kappa shape index (κ3) is 6.46. The van der Waals surface area contributed by atoms with Crippen molar-refractivity contribution in [3.8, 4) is 0 Å². The molecule has 0 saturated heterocycles. The van der Waals surface area contributed by atoms with Crippen LogP contribution in [0.1, 0.15) is 36.2 Å². The average Bonchev–Trinajstić information content (AvgIpc) is 3.21. The number of anilines is 1. The van der Waals surface area contributed by atoms with Crippen LogP contribution in [0.5, 0.6) is 0 Å². The number of amides is 2. The minimum absolute atomic E-state index is 0. The molecule has 1 aliphatic rings. The summed E-state index contributed by atoms with van der Waals surface area (Å²) < 4.78 is 0. The van der Waals surface area contributed by atoms with E-state index in [9.17, 15) is 9.59 Å². The maximum Gasteiger partial charge on any atom is 0.228 e. The molecular formula is C18H24Cl2N4O2S. The molecule has 27 heavy (non-hydrogen) atoms. The van der Waals surface area contributed by atoms with E-state index in [2.05, 4.69) is 39.1 Å². The van der Waals surface area contributed by atoms with E-state index in [4.69, 9.17) is 0 Å². The summed E-state index contributed by atoms with van der Waals surface area (Å²) >= 11 is 1.34. The Balaban J connectivity index is 0.00000182. The van der Waals surface area contributed by atoms with Crippen LogP contribution in [0.15, 0.2) is 23.6 Å². The highest BCUT2D eigenvalue weighted by Gasteiger charge is 2.13. The maximum absolute atomic E-state index is 12.1. The zero-order chi connectivity index (χ0) is 17.8. The lowest BCUT2D eigenvalue weighted by Gasteiger charge is -2.06. The molecule has 1 aromatic heterocycles. The molecule has 6 nitrogen and oxygen atoms in total. The number of hydrogen-bond donors (Lipinski definition) is 3. The van der Waals surface area contributed by atoms with Gasteiger partial charge in [0.25, 0.3) is 0 Å². The molecule has 2 heterocycles. The average molecular weight is 431 g/mol. The molecule has 0 radical (unpaired) electrons. The molecule has 0 unspecified atom stereocenters. The fourth-order valence-corrected chi connectivity index (χ4v) is 3.29. The van der Waals surface area contributed by atoms with Crippen molar-refractivity contribution in [3.05, 3.63) is 46.0 Å². The molecule has 0 spiro atoms. The lowest BCUT2D eigenvalue weighted by molar-refractivity contribution is -0.120. The number of hydrogen-bond acceptors (Lipinski definition) is 5. The lowest BCUT2D eigenvalue weighted by atomic mass is 10.1. The van der Waals surface area contributed by atoms with E-state index in [0.29, 0.717) is 17.4 Å². The minimum Gasteiger partial charge on any atom is -0.352 e. The summed E-state index contributed by atoms with van der Waals surface area (Å²) in [6.45, 7) is 5.97. The SMILES string of the molecule is CC(C)C(=O)Nc1nc(CC(=O)NCc2ccc3c(c2)CNC3)cs1.Cl.Cl. The van der Waals surface area contributed by atoms with Gasteiger partial charge in [0, 0.05) is 30.9 Å². The Morgan fingerprint density at radius 3 is 2.70 bits per heavy atom. The summed E-state index contributed by atoms with van der Waals surface area (Å²) in [5.74, 6) is -0.250. The lowest BCUT2D eigenvalue weighted by Crippen LogP contribution is -2.24. The molecular weight excluding hydrogens is 407 g/mol. The van der Waals surface area contributed by atoms with Crippen LogP contribution in [-0.4, -0.2) is 16.8 Å². The van der Waals surface area contributed by atoms with Gasteiger partial charge in [-0.3, -0.25) is 9.59 Å². The first-order valence-corrected chi connectivity index (χ1v) is 9.22. The van der Waals surface area contributed by atoms with E-state index in [1.807, 2.05) is 13.8 Å². The van der Waals surface area contributed by atoms with Crippen LogP contribution < -0.4 is 16.0 Å². The van der Waals surface area contributed by atoms with E-state index < -0.39 is 0 Å². The molecule has 2 aromatic rings. The number of aromatic nitrogens is 1. The first kappa shape index (κ1) is 23.4. The summed E-state index contributed by atoms with van der Waals surface area (Å²) in [5, 5.41) is 11.3. The van der Waals surface area contributed by atoms with Gasteiger partial charge in [-0.2, -0.15) is 0 Å². The van der Waals surface area contributed by atoms with Gasteiger partial charge in [0.15, 0.2) is 5.13 Å². The predicted octanol–water partition coefficient (Wildman–Crippen LogP) is 3.04. The molecule has 0 fully saturated rings. The first-order chi connectivity index (χ1) is 12.0. The molecule has 3 rings (SSSR count). The van der Waals surface area contributed by atoms with Crippen LogP contribution in [0, 0.1) is 5.92 Å². The second-order valence-electron chi connectivity index (χ2n) is 6.45. The molecule has 0 atom stereocenters. The van der Waals surface area contributed by atoms with Gasteiger partial charge in [-0.15, -0.1) is 36.2 Å². The maximum atomic E-state index is 12.1. The molecule has 1 aliphatic heterocycles. The fourth-order valence-electron chi connectivity index (χ4n) is 2.58. The fraction of sp³-hybridized carbons (Fsp3) is 0.389. The Morgan fingerprint density at radius 2 is 1.96 bits per heavy atom. The van der Waals surface area contributed by atoms with E-state index in [1.165, 1.54) is 22.5 Å². The first-order valence-electron chi connectivity index (χ1n) is 8.34. The monoisotopic (exact) mass is 430 g/mol. The van der Waals surface area contributed by atoms with Crippen molar-refractivity contribution in [1.29, 1.82) is 0 Å². The summed E-state index contributed by atoms with van der Waals surface area (Å²) in [5.41, 5.74) is 4.39. The summed E-state index contributed by atoms with van der Waals surface area (Å²) in [7, 11) is 0. The summed E-state index contributed by atoms with van der Waals surface area (Å²) in [4.78, 5) is 28.1. The number of thiazole rings is 1. The van der Waals surface area contributed by atoms with Gasteiger partial charge in [-0.05, 0) is 16.7 Å². The second-order valence-corrected chi connectivity index (χ2v) is 7.31. The van der Waals surface area contributed by atoms with Crippen LogP contribution in [0.4, 0.5) is 5.13 Å². The molecule has 0 saturated carbocycles. The third-order valence-electron chi connectivity index (χ3n) is 4.04. The van der Waals surface area contributed by atoms with Gasteiger partial charge < -0.3 is 16.0 Å².